The van der Waals surface area contributed by atoms with Crippen molar-refractivity contribution in [2.24, 2.45) is 0 Å². The summed E-state index contributed by atoms with van der Waals surface area (Å²) in [5.41, 5.74) is 3.64. The Morgan fingerprint density at radius 2 is 1.91 bits per heavy atom. The Kier molecular flexibility index (Phi) is 4.36. The predicted octanol–water partition coefficient (Wildman–Crippen LogP) is 3.57. The molecule has 2 aromatic carbocycles. The monoisotopic (exact) mass is 296 g/mol. The number of benzene rings is 2. The number of nitrogens with zero attached hydrogens (tertiary/aromatic N) is 1. The molecule has 1 N–H and O–H groups in total. The largest absolute Gasteiger partial charge is 0.355 e. The molecule has 0 fully saturated rings. The molecule has 0 radical (unpaired) electrons. The van der Waals surface area contributed by atoms with Crippen LogP contribution in [0.4, 0.5) is 5.69 Å². The van der Waals surface area contributed by atoms with E-state index in [0.29, 0.717) is 11.1 Å². The van der Waals surface area contributed by atoms with E-state index in [1.165, 1.54) is 6.08 Å². The molecular formula is C17H16N2O3. The zero-order chi connectivity index (χ0) is 16.3. The third-order valence-corrected chi connectivity index (χ3v) is 3.48. The molecule has 0 saturated heterocycles. The van der Waals surface area contributed by atoms with Gasteiger partial charge in [-0.15, -0.1) is 0 Å². The lowest BCUT2D eigenvalue weighted by atomic mass is 9.96. The normalized spacial score (nSPS) is 10.1. The van der Waals surface area contributed by atoms with Crippen LogP contribution in [0.5, 0.6) is 0 Å². The van der Waals surface area contributed by atoms with Gasteiger partial charge in [0.15, 0.2) is 0 Å². The average Bonchev–Trinajstić information content (AvgIpc) is 2.54. The van der Waals surface area contributed by atoms with Crippen molar-refractivity contribution < 1.29 is 9.72 Å². The molecular weight excluding hydrogens is 280 g/mol. The van der Waals surface area contributed by atoms with Crippen LogP contribution in [0.3, 0.4) is 0 Å². The summed E-state index contributed by atoms with van der Waals surface area (Å²) < 4.78 is 0. The van der Waals surface area contributed by atoms with E-state index >= 15 is 0 Å². The van der Waals surface area contributed by atoms with E-state index in [4.69, 9.17) is 0 Å². The van der Waals surface area contributed by atoms with E-state index in [2.05, 4.69) is 11.9 Å². The summed E-state index contributed by atoms with van der Waals surface area (Å²) in [6, 6.07) is 10.4. The summed E-state index contributed by atoms with van der Waals surface area (Å²) in [5.74, 6) is -0.154. The van der Waals surface area contributed by atoms with Crippen LogP contribution in [0.25, 0.3) is 17.2 Å². The lowest BCUT2D eigenvalue weighted by molar-refractivity contribution is -0.385. The number of rotatable bonds is 4. The molecule has 2 rings (SSSR count). The second-order valence-electron chi connectivity index (χ2n) is 4.84. The zero-order valence-electron chi connectivity index (χ0n) is 12.4. The van der Waals surface area contributed by atoms with Crippen molar-refractivity contribution in [3.63, 3.8) is 0 Å². The highest BCUT2D eigenvalue weighted by Crippen LogP contribution is 2.31. The van der Waals surface area contributed by atoms with Gasteiger partial charge in [0.25, 0.3) is 11.6 Å². The lowest BCUT2D eigenvalue weighted by Crippen LogP contribution is -2.17. The fourth-order valence-electron chi connectivity index (χ4n) is 2.29. The highest BCUT2D eigenvalue weighted by molar-refractivity contribution is 5.94. The van der Waals surface area contributed by atoms with E-state index in [9.17, 15) is 14.9 Å². The minimum atomic E-state index is -0.414. The van der Waals surface area contributed by atoms with Crippen molar-refractivity contribution in [3.05, 3.63) is 69.8 Å². The molecule has 0 aromatic heterocycles. The van der Waals surface area contributed by atoms with Gasteiger partial charge >= 0.3 is 0 Å². The maximum Gasteiger partial charge on any atom is 0.276 e. The molecule has 0 heterocycles. The van der Waals surface area contributed by atoms with Gasteiger partial charge in [-0.2, -0.15) is 0 Å². The van der Waals surface area contributed by atoms with Crippen LogP contribution in [-0.2, 0) is 0 Å². The van der Waals surface area contributed by atoms with Crippen molar-refractivity contribution in [1.82, 2.24) is 5.32 Å². The van der Waals surface area contributed by atoms with Crippen LogP contribution in [-0.4, -0.2) is 17.9 Å². The molecule has 0 saturated carbocycles. The van der Waals surface area contributed by atoms with Crippen LogP contribution in [0.1, 0.15) is 21.5 Å². The van der Waals surface area contributed by atoms with Gasteiger partial charge in [0.05, 0.1) is 10.5 Å². The zero-order valence-corrected chi connectivity index (χ0v) is 12.4. The summed E-state index contributed by atoms with van der Waals surface area (Å²) in [4.78, 5) is 22.2. The number of nitro groups is 1. The highest BCUT2D eigenvalue weighted by atomic mass is 16.6. The van der Waals surface area contributed by atoms with Crippen molar-refractivity contribution in [2.45, 2.75) is 6.92 Å². The van der Waals surface area contributed by atoms with Gasteiger partial charge in [-0.1, -0.05) is 24.8 Å². The number of amides is 1. The number of hydrogen-bond donors (Lipinski definition) is 1. The number of nitrogens with one attached hydrogen (secondary N) is 1. The first-order valence-corrected chi connectivity index (χ1v) is 6.72. The van der Waals surface area contributed by atoms with Gasteiger partial charge in [0.2, 0.25) is 0 Å². The smallest absolute Gasteiger partial charge is 0.276 e. The molecule has 1 amide bonds. The summed E-state index contributed by atoms with van der Waals surface area (Å²) in [6.45, 7) is 5.45. The van der Waals surface area contributed by atoms with Gasteiger partial charge in [-0.3, -0.25) is 14.9 Å². The first-order chi connectivity index (χ1) is 10.5. The third kappa shape index (κ3) is 2.88. The molecule has 0 aliphatic rings. The molecule has 5 nitrogen and oxygen atoms in total. The number of carbonyl (C=O) groups is 1. The van der Waals surface area contributed by atoms with E-state index in [1.807, 2.05) is 19.1 Å². The van der Waals surface area contributed by atoms with Gasteiger partial charge < -0.3 is 5.32 Å². The van der Waals surface area contributed by atoms with Crippen LogP contribution in [0, 0.1) is 17.0 Å². The molecule has 0 aliphatic heterocycles. The minimum absolute atomic E-state index is 0.0400. The Morgan fingerprint density at radius 1 is 1.27 bits per heavy atom. The van der Waals surface area contributed by atoms with E-state index in [-0.39, 0.29) is 11.6 Å². The quantitative estimate of drug-likeness (QED) is 0.692. The molecule has 5 heteroatoms. The lowest BCUT2D eigenvalue weighted by Gasteiger charge is -2.09. The fraction of sp³-hybridized carbons (Fsp3) is 0.118. The fourth-order valence-corrected chi connectivity index (χ4v) is 2.29. The molecule has 0 unspecified atom stereocenters. The maximum atomic E-state index is 11.5. The summed E-state index contributed by atoms with van der Waals surface area (Å²) in [5, 5.41) is 13.6. The number of aryl methyl sites for hydroxylation is 1. The minimum Gasteiger partial charge on any atom is -0.355 e. The summed E-state index contributed by atoms with van der Waals surface area (Å²) in [7, 11) is 1.58. The first-order valence-electron chi connectivity index (χ1n) is 6.72. The SMILES string of the molecule is C=Cc1cc(-c2ccc(C(=O)NC)cc2)c(C)cc1[N+](=O)[O-]. The average molecular weight is 296 g/mol. The molecule has 0 bridgehead atoms. The Hall–Kier alpha value is -2.95. The topological polar surface area (TPSA) is 72.2 Å². The molecule has 0 spiro atoms. The molecule has 2 aromatic rings. The van der Waals surface area contributed by atoms with E-state index < -0.39 is 4.92 Å². The predicted molar refractivity (Wildman–Crippen MR) is 86.8 cm³/mol. The molecule has 0 aliphatic carbocycles. The maximum absolute atomic E-state index is 11.5. The number of hydrogen-bond acceptors (Lipinski definition) is 3. The van der Waals surface area contributed by atoms with E-state index in [0.717, 1.165) is 16.7 Å². The van der Waals surface area contributed by atoms with Gasteiger partial charge in [0, 0.05) is 18.7 Å². The Morgan fingerprint density at radius 3 is 2.41 bits per heavy atom. The van der Waals surface area contributed by atoms with Gasteiger partial charge in [0.1, 0.15) is 0 Å². The molecule has 112 valence electrons. The second-order valence-corrected chi connectivity index (χ2v) is 4.84. The van der Waals surface area contributed by atoms with Crippen molar-refractivity contribution in [1.29, 1.82) is 0 Å². The van der Waals surface area contributed by atoms with Crippen LogP contribution in [0.15, 0.2) is 43.0 Å². The van der Waals surface area contributed by atoms with Crippen LogP contribution >= 0.6 is 0 Å². The van der Waals surface area contributed by atoms with Gasteiger partial charge in [-0.25, -0.2) is 0 Å². The van der Waals surface area contributed by atoms with Gasteiger partial charge in [-0.05, 0) is 41.8 Å². The Bertz CT molecular complexity index is 749. The molecule has 22 heavy (non-hydrogen) atoms. The Balaban J connectivity index is 2.51. The summed E-state index contributed by atoms with van der Waals surface area (Å²) in [6.07, 6.45) is 1.47. The van der Waals surface area contributed by atoms with Crippen molar-refractivity contribution in [3.8, 4) is 11.1 Å². The summed E-state index contributed by atoms with van der Waals surface area (Å²) >= 11 is 0. The highest BCUT2D eigenvalue weighted by Gasteiger charge is 2.15. The standard InChI is InChI=1S/C17H16N2O3/c1-4-12-10-15(11(2)9-16(12)19(21)22)13-5-7-14(8-6-13)17(20)18-3/h4-10H,1H2,2-3H3,(H,18,20). The van der Waals surface area contributed by atoms with Crippen LogP contribution in [0.2, 0.25) is 0 Å². The van der Waals surface area contributed by atoms with Crippen molar-refractivity contribution in [2.75, 3.05) is 7.05 Å². The van der Waals surface area contributed by atoms with E-state index in [1.54, 1.807) is 31.3 Å². The number of nitro benzene ring substituents is 1. The number of carbonyl (C=O) groups excluding carboxylic acids is 1. The third-order valence-electron chi connectivity index (χ3n) is 3.48. The molecule has 0 atom stereocenters. The second kappa shape index (κ2) is 6.22. The van der Waals surface area contributed by atoms with Crippen molar-refractivity contribution >= 4 is 17.7 Å². The van der Waals surface area contributed by atoms with Crippen LogP contribution < -0.4 is 5.32 Å². The first kappa shape index (κ1) is 15.4. The Labute approximate surface area is 128 Å².